The number of benzene rings is 3. The molecule has 3 aromatic rings. The lowest BCUT2D eigenvalue weighted by Crippen LogP contribution is -2.48. The number of methoxy groups -OCH3 is 1. The zero-order valence-corrected chi connectivity index (χ0v) is 24.2. The normalized spacial score (nSPS) is 12.4. The second-order valence-corrected chi connectivity index (χ2v) is 10.2. The Hall–Kier alpha value is -3.68. The van der Waals surface area contributed by atoms with E-state index >= 15 is 0 Å². The first-order chi connectivity index (χ1) is 19.3. The second kappa shape index (κ2) is 15.8. The van der Waals surface area contributed by atoms with Crippen molar-refractivity contribution in [3.05, 3.63) is 101 Å². The van der Waals surface area contributed by atoms with Gasteiger partial charge in [-0.3, -0.25) is 9.59 Å². The van der Waals surface area contributed by atoms with Crippen LogP contribution in [-0.2, 0) is 13.0 Å². The van der Waals surface area contributed by atoms with Crippen molar-refractivity contribution in [3.8, 4) is 5.75 Å². The van der Waals surface area contributed by atoms with Crippen molar-refractivity contribution in [2.24, 2.45) is 0 Å². The Labute approximate surface area is 238 Å². The van der Waals surface area contributed by atoms with E-state index in [0.29, 0.717) is 49.5 Å². The van der Waals surface area contributed by atoms with Gasteiger partial charge in [-0.25, -0.2) is 0 Å². The van der Waals surface area contributed by atoms with Crippen LogP contribution in [0.5, 0.6) is 5.75 Å². The van der Waals surface area contributed by atoms with Gasteiger partial charge in [0.2, 0.25) is 0 Å². The van der Waals surface area contributed by atoms with Gasteiger partial charge < -0.3 is 25.4 Å². The number of hydrogen-bond acceptors (Lipinski definition) is 5. The Balaban J connectivity index is 1.79. The van der Waals surface area contributed by atoms with Crippen LogP contribution in [0.1, 0.15) is 64.1 Å². The number of ether oxygens (including phenoxy) is 1. The van der Waals surface area contributed by atoms with E-state index in [2.05, 4.69) is 10.6 Å². The number of hydrogen-bond donors (Lipinski definition) is 3. The van der Waals surface area contributed by atoms with Crippen molar-refractivity contribution in [3.63, 3.8) is 0 Å². The zero-order valence-electron chi connectivity index (χ0n) is 24.2. The summed E-state index contributed by atoms with van der Waals surface area (Å²) in [7, 11) is 1.61. The van der Waals surface area contributed by atoms with Gasteiger partial charge in [-0.1, -0.05) is 56.3 Å². The van der Waals surface area contributed by atoms with E-state index in [-0.39, 0.29) is 11.8 Å². The summed E-state index contributed by atoms with van der Waals surface area (Å²) < 4.78 is 5.37. The molecule has 2 atom stereocenters. The van der Waals surface area contributed by atoms with Gasteiger partial charge in [0.25, 0.3) is 11.8 Å². The summed E-state index contributed by atoms with van der Waals surface area (Å²) in [5.41, 5.74) is 3.78. The van der Waals surface area contributed by atoms with E-state index in [1.807, 2.05) is 86.3 Å². The van der Waals surface area contributed by atoms with E-state index in [4.69, 9.17) is 4.74 Å². The molecule has 0 spiro atoms. The minimum Gasteiger partial charge on any atom is -0.497 e. The number of rotatable bonds is 15. The monoisotopic (exact) mass is 545 g/mol. The molecule has 2 amide bonds. The zero-order chi connectivity index (χ0) is 28.9. The Bertz CT molecular complexity index is 1230. The predicted molar refractivity (Wildman–Crippen MR) is 160 cm³/mol. The van der Waals surface area contributed by atoms with Crippen molar-refractivity contribution in [1.29, 1.82) is 0 Å². The molecule has 3 aromatic carbocycles. The molecule has 3 N–H and O–H groups in total. The SMILES string of the molecule is CCCN(CCC)C(=O)c1cc(C)cc(C(=O)N[C@@H](Cc2cccc(OC)c2)[C@H](O)CNCc2ccccc2)c1. The van der Waals surface area contributed by atoms with Crippen LogP contribution >= 0.6 is 0 Å². The lowest BCUT2D eigenvalue weighted by Gasteiger charge is -2.25. The van der Waals surface area contributed by atoms with Crippen LogP contribution in [0, 0.1) is 6.92 Å². The highest BCUT2D eigenvalue weighted by atomic mass is 16.5. The van der Waals surface area contributed by atoms with Gasteiger partial charge in [-0.15, -0.1) is 0 Å². The molecule has 0 bridgehead atoms. The van der Waals surface area contributed by atoms with Crippen molar-refractivity contribution < 1.29 is 19.4 Å². The number of aliphatic hydroxyl groups is 1. The summed E-state index contributed by atoms with van der Waals surface area (Å²) in [5.74, 6) is 0.314. The third kappa shape index (κ3) is 9.21. The number of amides is 2. The molecule has 0 saturated carbocycles. The van der Waals surface area contributed by atoms with Crippen molar-refractivity contribution >= 4 is 11.8 Å². The molecule has 0 aromatic heterocycles. The molecule has 0 radical (unpaired) electrons. The van der Waals surface area contributed by atoms with Gasteiger partial charge in [0.05, 0.1) is 19.3 Å². The average molecular weight is 546 g/mol. The molecule has 7 nitrogen and oxygen atoms in total. The summed E-state index contributed by atoms with van der Waals surface area (Å²) in [6.45, 7) is 8.23. The van der Waals surface area contributed by atoms with Crippen molar-refractivity contribution in [2.45, 2.75) is 58.7 Å². The Morgan fingerprint density at radius 2 is 1.57 bits per heavy atom. The molecule has 0 unspecified atom stereocenters. The molecular formula is C33H43N3O4. The highest BCUT2D eigenvalue weighted by molar-refractivity contribution is 6.00. The quantitative estimate of drug-likeness (QED) is 0.256. The first-order valence-corrected chi connectivity index (χ1v) is 14.1. The lowest BCUT2D eigenvalue weighted by molar-refractivity contribution is 0.0755. The molecule has 0 aliphatic carbocycles. The summed E-state index contributed by atoms with van der Waals surface area (Å²) in [6.07, 6.45) is 1.30. The minimum absolute atomic E-state index is 0.0699. The highest BCUT2D eigenvalue weighted by Gasteiger charge is 2.24. The number of nitrogens with zero attached hydrogens (tertiary/aromatic N) is 1. The standard InChI is InChI=1S/C33H43N3O4/c1-5-15-36(16-6-2)33(39)28-18-24(3)17-27(21-28)32(38)35-30(20-26-13-10-14-29(19-26)40-4)31(37)23-34-22-25-11-8-7-9-12-25/h7-14,17-19,21,30-31,34,37H,5-6,15-16,20,22-23H2,1-4H3,(H,35,38)/t30-,31+/m0/s1. The predicted octanol–water partition coefficient (Wildman–Crippen LogP) is 4.76. The van der Waals surface area contributed by atoms with Crippen LogP contribution in [0.25, 0.3) is 0 Å². The number of carbonyl (C=O) groups is 2. The Morgan fingerprint density at radius 1 is 0.900 bits per heavy atom. The summed E-state index contributed by atoms with van der Waals surface area (Å²) in [5, 5.41) is 17.5. The van der Waals surface area contributed by atoms with E-state index in [1.54, 1.807) is 19.2 Å². The fraction of sp³-hybridized carbons (Fsp3) is 0.394. The summed E-state index contributed by atoms with van der Waals surface area (Å²) in [6, 6.07) is 22.3. The number of nitrogens with one attached hydrogen (secondary N) is 2. The molecule has 0 aliphatic rings. The fourth-order valence-electron chi connectivity index (χ4n) is 4.77. The second-order valence-electron chi connectivity index (χ2n) is 10.2. The lowest BCUT2D eigenvalue weighted by atomic mass is 9.99. The van der Waals surface area contributed by atoms with E-state index < -0.39 is 12.1 Å². The van der Waals surface area contributed by atoms with Crippen LogP contribution in [0.4, 0.5) is 0 Å². The molecular weight excluding hydrogens is 502 g/mol. The largest absolute Gasteiger partial charge is 0.497 e. The van der Waals surface area contributed by atoms with Gasteiger partial charge in [-0.05, 0) is 73.2 Å². The summed E-state index contributed by atoms with van der Waals surface area (Å²) >= 11 is 0. The molecule has 214 valence electrons. The fourth-order valence-corrected chi connectivity index (χ4v) is 4.77. The van der Waals surface area contributed by atoms with Crippen LogP contribution < -0.4 is 15.4 Å². The molecule has 0 heterocycles. The maximum absolute atomic E-state index is 13.5. The average Bonchev–Trinajstić information content (AvgIpc) is 2.96. The van der Waals surface area contributed by atoms with Crippen LogP contribution in [0.2, 0.25) is 0 Å². The smallest absolute Gasteiger partial charge is 0.253 e. The first-order valence-electron chi connectivity index (χ1n) is 14.1. The number of carbonyl (C=O) groups excluding carboxylic acids is 2. The molecule has 3 rings (SSSR count). The Kier molecular flexibility index (Phi) is 12.2. The van der Waals surface area contributed by atoms with Crippen molar-refractivity contribution in [1.82, 2.24) is 15.5 Å². The van der Waals surface area contributed by atoms with Crippen LogP contribution in [0.3, 0.4) is 0 Å². The van der Waals surface area contributed by atoms with Gasteiger partial charge in [-0.2, -0.15) is 0 Å². The van der Waals surface area contributed by atoms with E-state index in [9.17, 15) is 14.7 Å². The third-order valence-corrected chi connectivity index (χ3v) is 6.76. The van der Waals surface area contributed by atoms with Gasteiger partial charge in [0.1, 0.15) is 5.75 Å². The van der Waals surface area contributed by atoms with Gasteiger partial charge in [0.15, 0.2) is 0 Å². The van der Waals surface area contributed by atoms with Gasteiger partial charge in [0, 0.05) is 37.3 Å². The number of aryl methyl sites for hydroxylation is 1. The van der Waals surface area contributed by atoms with E-state index in [0.717, 1.165) is 29.5 Å². The molecule has 0 saturated heterocycles. The van der Waals surface area contributed by atoms with Crippen LogP contribution in [-0.4, -0.2) is 60.7 Å². The number of aliphatic hydroxyl groups excluding tert-OH is 1. The molecule has 7 heteroatoms. The summed E-state index contributed by atoms with van der Waals surface area (Å²) in [4.78, 5) is 28.6. The topological polar surface area (TPSA) is 90.9 Å². The third-order valence-electron chi connectivity index (χ3n) is 6.76. The molecule has 0 aliphatic heterocycles. The van der Waals surface area contributed by atoms with Crippen molar-refractivity contribution in [2.75, 3.05) is 26.7 Å². The Morgan fingerprint density at radius 3 is 2.25 bits per heavy atom. The molecule has 40 heavy (non-hydrogen) atoms. The first kappa shape index (κ1) is 30.9. The maximum Gasteiger partial charge on any atom is 0.253 e. The van der Waals surface area contributed by atoms with E-state index in [1.165, 1.54) is 0 Å². The molecule has 0 fully saturated rings. The van der Waals surface area contributed by atoms with Gasteiger partial charge >= 0.3 is 0 Å². The minimum atomic E-state index is -0.852. The highest BCUT2D eigenvalue weighted by Crippen LogP contribution is 2.17. The maximum atomic E-state index is 13.5. The van der Waals surface area contributed by atoms with Crippen LogP contribution in [0.15, 0.2) is 72.8 Å².